The summed E-state index contributed by atoms with van der Waals surface area (Å²) in [6.07, 6.45) is 7.38. The number of hydrogen-bond donors (Lipinski definition) is 2. The van der Waals surface area contributed by atoms with Gasteiger partial charge in [-0.15, -0.1) is 0 Å². The maximum absolute atomic E-state index is 13.2. The van der Waals surface area contributed by atoms with Crippen molar-refractivity contribution in [1.82, 2.24) is 5.48 Å². The van der Waals surface area contributed by atoms with E-state index in [9.17, 15) is 13.2 Å². The van der Waals surface area contributed by atoms with Crippen LogP contribution in [0.3, 0.4) is 0 Å². The van der Waals surface area contributed by atoms with Crippen LogP contribution in [0, 0.1) is 0 Å². The summed E-state index contributed by atoms with van der Waals surface area (Å²) in [6.45, 7) is 6.94. The van der Waals surface area contributed by atoms with Crippen molar-refractivity contribution in [2.75, 3.05) is 33.0 Å². The number of carbonyl (C=O) groups excluding carboxylic acids is 1. The van der Waals surface area contributed by atoms with Gasteiger partial charge < -0.3 is 14.2 Å². The number of benzene rings is 1. The first-order valence-corrected chi connectivity index (χ1v) is 11.4. The smallest absolute Gasteiger partial charge is 0.265 e. The van der Waals surface area contributed by atoms with E-state index in [4.69, 9.17) is 19.4 Å². The number of amides is 1. The topological polar surface area (TPSA) is 111 Å². The van der Waals surface area contributed by atoms with Crippen molar-refractivity contribution in [2.45, 2.75) is 29.4 Å². The Morgan fingerprint density at radius 2 is 1.94 bits per heavy atom. The normalized spacial score (nSPS) is 16.8. The lowest BCUT2D eigenvalue weighted by Crippen LogP contribution is -2.54. The highest BCUT2D eigenvalue weighted by Crippen LogP contribution is 2.35. The van der Waals surface area contributed by atoms with Crippen LogP contribution in [-0.4, -0.2) is 57.3 Å². The van der Waals surface area contributed by atoms with Crippen molar-refractivity contribution in [2.24, 2.45) is 0 Å². The number of ether oxygens (including phenoxy) is 3. The third-order valence-electron chi connectivity index (χ3n) is 4.99. The fourth-order valence-electron chi connectivity index (χ4n) is 3.16. The average molecular weight is 452 g/mol. The summed E-state index contributed by atoms with van der Waals surface area (Å²) in [6, 6.07) is 5.84. The molecule has 31 heavy (non-hydrogen) atoms. The first-order valence-electron chi connectivity index (χ1n) is 9.93. The number of sulfone groups is 1. The predicted molar refractivity (Wildman–Crippen MR) is 116 cm³/mol. The highest BCUT2D eigenvalue weighted by atomic mass is 32.2. The van der Waals surface area contributed by atoms with Gasteiger partial charge in [-0.3, -0.25) is 10.0 Å². The molecular formula is C22H29NO7S. The molecule has 1 fully saturated rings. The first kappa shape index (κ1) is 24.8. The van der Waals surface area contributed by atoms with Crippen LogP contribution in [0.4, 0.5) is 0 Å². The Kier molecular flexibility index (Phi) is 9.44. The van der Waals surface area contributed by atoms with E-state index in [2.05, 4.69) is 6.58 Å². The number of allylic oxidation sites excluding steroid dienone is 3. The second kappa shape index (κ2) is 11.8. The molecule has 1 amide bonds. The molecule has 1 heterocycles. The summed E-state index contributed by atoms with van der Waals surface area (Å²) in [5.74, 6) is -0.473. The van der Waals surface area contributed by atoms with Crippen molar-refractivity contribution in [3.8, 4) is 5.75 Å². The maximum atomic E-state index is 13.2. The molecule has 1 aromatic carbocycles. The maximum Gasteiger partial charge on any atom is 0.265 e. The standard InChI is InChI=1S/C22H29NO7S/c1-3-5-6-18(4-2)17-29-15-16-30-19-7-9-20(10-8-19)31(26,27)22(21(24)23-25)11-13-28-14-12-22/h3-10,25H,2,11-17H2,1H3,(H,23,24)/b5-3-,18-6+. The number of carbonyl (C=O) groups is 1. The number of hydroxylamine groups is 1. The van der Waals surface area contributed by atoms with Crippen LogP contribution in [0.5, 0.6) is 5.75 Å². The highest BCUT2D eigenvalue weighted by Gasteiger charge is 2.52. The highest BCUT2D eigenvalue weighted by molar-refractivity contribution is 7.93. The summed E-state index contributed by atoms with van der Waals surface area (Å²) in [5, 5.41) is 9.09. The lowest BCUT2D eigenvalue weighted by molar-refractivity contribution is -0.134. The third-order valence-corrected chi connectivity index (χ3v) is 7.51. The van der Waals surface area contributed by atoms with Crippen molar-refractivity contribution < 1.29 is 32.6 Å². The van der Waals surface area contributed by atoms with E-state index in [0.717, 1.165) is 5.57 Å². The zero-order valence-electron chi connectivity index (χ0n) is 17.6. The minimum atomic E-state index is -4.05. The summed E-state index contributed by atoms with van der Waals surface area (Å²) >= 11 is 0. The van der Waals surface area contributed by atoms with Gasteiger partial charge in [0.05, 0.1) is 18.1 Å². The molecule has 0 unspecified atom stereocenters. The minimum absolute atomic E-state index is 0.0219. The fourth-order valence-corrected chi connectivity index (χ4v) is 5.10. The van der Waals surface area contributed by atoms with Crippen LogP contribution in [-0.2, 0) is 24.1 Å². The van der Waals surface area contributed by atoms with Crippen molar-refractivity contribution in [1.29, 1.82) is 0 Å². The summed E-state index contributed by atoms with van der Waals surface area (Å²) in [4.78, 5) is 12.2. The number of hydrogen-bond acceptors (Lipinski definition) is 7. The SMILES string of the molecule is C=C/C(=C\C=C/C)COCCOc1ccc(S(=O)(=O)C2(C(=O)NO)CCOCC2)cc1. The van der Waals surface area contributed by atoms with Gasteiger partial charge in [-0.05, 0) is 49.6 Å². The molecule has 1 aliphatic rings. The average Bonchev–Trinajstić information content (AvgIpc) is 2.80. The van der Waals surface area contributed by atoms with Crippen molar-refractivity contribution >= 4 is 15.7 Å². The molecule has 0 radical (unpaired) electrons. The molecule has 1 saturated heterocycles. The van der Waals surface area contributed by atoms with Crippen LogP contribution in [0.2, 0.25) is 0 Å². The van der Waals surface area contributed by atoms with Crippen molar-refractivity contribution in [3.63, 3.8) is 0 Å². The second-order valence-electron chi connectivity index (χ2n) is 6.89. The summed E-state index contributed by atoms with van der Waals surface area (Å²) < 4.78 is 40.9. The van der Waals surface area contributed by atoms with Gasteiger partial charge in [-0.25, -0.2) is 13.9 Å². The predicted octanol–water partition coefficient (Wildman–Crippen LogP) is 2.60. The Morgan fingerprint density at radius 1 is 1.26 bits per heavy atom. The Bertz CT molecular complexity index is 898. The molecule has 0 atom stereocenters. The van der Waals surface area contributed by atoms with Crippen LogP contribution in [0.25, 0.3) is 0 Å². The molecule has 0 saturated carbocycles. The number of nitrogens with one attached hydrogen (secondary N) is 1. The van der Waals surface area contributed by atoms with E-state index in [1.807, 2.05) is 25.2 Å². The van der Waals surface area contributed by atoms with Gasteiger partial charge in [0.15, 0.2) is 14.6 Å². The second-order valence-corrected chi connectivity index (χ2v) is 9.15. The van der Waals surface area contributed by atoms with Gasteiger partial charge >= 0.3 is 0 Å². The fraction of sp³-hybridized carbons (Fsp3) is 0.409. The largest absolute Gasteiger partial charge is 0.491 e. The lowest BCUT2D eigenvalue weighted by atomic mass is 9.98. The van der Waals surface area contributed by atoms with Crippen LogP contribution >= 0.6 is 0 Å². The molecule has 1 aromatic rings. The Hall–Kier alpha value is -2.46. The molecule has 8 nitrogen and oxygen atoms in total. The molecule has 0 spiro atoms. The summed E-state index contributed by atoms with van der Waals surface area (Å²) in [7, 11) is -4.05. The third kappa shape index (κ3) is 6.04. The molecule has 1 aliphatic heterocycles. The van der Waals surface area contributed by atoms with Crippen LogP contribution in [0.15, 0.2) is 65.6 Å². The zero-order valence-corrected chi connectivity index (χ0v) is 18.4. The Balaban J connectivity index is 1.98. The molecule has 0 aromatic heterocycles. The van der Waals surface area contributed by atoms with Gasteiger partial charge in [-0.1, -0.05) is 30.9 Å². The Labute approximate surface area is 183 Å². The molecule has 0 aliphatic carbocycles. The van der Waals surface area contributed by atoms with Gasteiger partial charge in [-0.2, -0.15) is 0 Å². The van der Waals surface area contributed by atoms with E-state index in [1.165, 1.54) is 29.7 Å². The molecule has 0 bridgehead atoms. The van der Waals surface area contributed by atoms with Crippen LogP contribution in [0.1, 0.15) is 19.8 Å². The van der Waals surface area contributed by atoms with Gasteiger partial charge in [0.1, 0.15) is 12.4 Å². The van der Waals surface area contributed by atoms with Crippen LogP contribution < -0.4 is 10.2 Å². The quantitative estimate of drug-likeness (QED) is 0.230. The van der Waals surface area contributed by atoms with E-state index >= 15 is 0 Å². The van der Waals surface area contributed by atoms with Gasteiger partial charge in [0.2, 0.25) is 0 Å². The monoisotopic (exact) mass is 451 g/mol. The van der Waals surface area contributed by atoms with E-state index in [1.54, 1.807) is 6.08 Å². The van der Waals surface area contributed by atoms with E-state index < -0.39 is 20.5 Å². The van der Waals surface area contributed by atoms with Gasteiger partial charge in [0.25, 0.3) is 5.91 Å². The van der Waals surface area contributed by atoms with Crippen molar-refractivity contribution in [3.05, 3.63) is 60.7 Å². The molecular weight excluding hydrogens is 422 g/mol. The summed E-state index contributed by atoms with van der Waals surface area (Å²) in [5.41, 5.74) is 2.45. The molecule has 2 rings (SSSR count). The number of rotatable bonds is 11. The molecule has 2 N–H and O–H groups in total. The lowest BCUT2D eigenvalue weighted by Gasteiger charge is -2.34. The van der Waals surface area contributed by atoms with E-state index in [0.29, 0.717) is 19.0 Å². The first-order chi connectivity index (χ1) is 14.9. The van der Waals surface area contributed by atoms with Gasteiger partial charge in [0, 0.05) is 13.2 Å². The minimum Gasteiger partial charge on any atom is -0.491 e. The van der Waals surface area contributed by atoms with E-state index in [-0.39, 0.29) is 37.6 Å². The Morgan fingerprint density at radius 3 is 2.52 bits per heavy atom. The molecule has 9 heteroatoms. The zero-order chi connectivity index (χ0) is 22.7. The molecule has 170 valence electrons.